The molecule has 2 aliphatic heterocycles. The minimum atomic E-state index is -0.584. The molecule has 2 aliphatic rings. The average Bonchev–Trinajstić information content (AvgIpc) is 3.48. The predicted octanol–water partition coefficient (Wildman–Crippen LogP) is 8.92. The lowest BCUT2D eigenvalue weighted by atomic mass is 9.92. The van der Waals surface area contributed by atoms with E-state index in [1.54, 1.807) is 38.1 Å². The van der Waals surface area contributed by atoms with Gasteiger partial charge in [0.25, 0.3) is 0 Å². The summed E-state index contributed by atoms with van der Waals surface area (Å²) in [6.45, 7) is 11.8. The largest absolute Gasteiger partial charge is 0.478 e. The first kappa shape index (κ1) is 34.1. The molecule has 1 aromatic heterocycles. The highest BCUT2D eigenvalue weighted by molar-refractivity contribution is 6.05. The van der Waals surface area contributed by atoms with Crippen LogP contribution in [0.1, 0.15) is 104 Å². The monoisotopic (exact) mass is 659 g/mol. The van der Waals surface area contributed by atoms with Gasteiger partial charge in [0.2, 0.25) is 11.3 Å². The highest BCUT2D eigenvalue weighted by atomic mass is 19.1. The van der Waals surface area contributed by atoms with Crippen LogP contribution in [0.15, 0.2) is 52.9 Å². The van der Waals surface area contributed by atoms with E-state index in [4.69, 9.17) is 13.9 Å². The number of hydrogen-bond acceptors (Lipinski definition) is 7. The minimum absolute atomic E-state index is 0.0464. The van der Waals surface area contributed by atoms with Gasteiger partial charge >= 0.3 is 0 Å². The van der Waals surface area contributed by atoms with E-state index in [1.807, 2.05) is 6.92 Å². The van der Waals surface area contributed by atoms with Crippen LogP contribution in [0.4, 0.5) is 8.78 Å². The third-order valence-electron chi connectivity index (χ3n) is 9.88. The number of carbonyl (C=O) groups excluding carboxylic acids is 1. The number of piperidine rings is 2. The lowest BCUT2D eigenvalue weighted by molar-refractivity contribution is -0.0179. The molecule has 6 rings (SSSR count). The molecule has 0 N–H and O–H groups in total. The molecule has 3 unspecified atom stereocenters. The molecule has 4 aromatic rings. The van der Waals surface area contributed by atoms with Crippen LogP contribution < -0.4 is 9.47 Å². The Labute approximate surface area is 282 Å². The van der Waals surface area contributed by atoms with Gasteiger partial charge in [-0.25, -0.2) is 13.8 Å². The Balaban J connectivity index is 1.46. The molecule has 0 aliphatic carbocycles. The fourth-order valence-electron chi connectivity index (χ4n) is 7.24. The van der Waals surface area contributed by atoms with Crippen LogP contribution in [0.2, 0.25) is 0 Å². The van der Waals surface area contributed by atoms with Crippen LogP contribution in [0.25, 0.3) is 11.1 Å². The molecule has 2 saturated heterocycles. The number of nitrogens with zero attached hydrogens (tertiary/aromatic N) is 3. The molecule has 0 bridgehead atoms. The Morgan fingerprint density at radius 2 is 1.42 bits per heavy atom. The van der Waals surface area contributed by atoms with E-state index in [2.05, 4.69) is 21.7 Å². The van der Waals surface area contributed by atoms with Gasteiger partial charge < -0.3 is 13.9 Å². The van der Waals surface area contributed by atoms with Gasteiger partial charge in [-0.05, 0) is 106 Å². The van der Waals surface area contributed by atoms with Crippen molar-refractivity contribution < 1.29 is 27.5 Å². The lowest BCUT2D eigenvalue weighted by Crippen LogP contribution is -2.50. The van der Waals surface area contributed by atoms with Gasteiger partial charge in [-0.2, -0.15) is 0 Å². The van der Waals surface area contributed by atoms with Crippen LogP contribution in [-0.4, -0.2) is 59.5 Å². The Hall–Kier alpha value is -3.82. The van der Waals surface area contributed by atoms with E-state index >= 15 is 0 Å². The van der Waals surface area contributed by atoms with Crippen molar-refractivity contribution in [3.63, 3.8) is 0 Å². The predicted molar refractivity (Wildman–Crippen MR) is 183 cm³/mol. The highest BCUT2D eigenvalue weighted by Gasteiger charge is 2.33. The number of hydrogen-bond donors (Lipinski definition) is 0. The Morgan fingerprint density at radius 1 is 0.833 bits per heavy atom. The molecule has 0 saturated carbocycles. The van der Waals surface area contributed by atoms with Gasteiger partial charge in [0, 0.05) is 26.6 Å². The molecule has 3 atom stereocenters. The van der Waals surface area contributed by atoms with Crippen molar-refractivity contribution in [3.8, 4) is 11.5 Å². The summed E-state index contributed by atoms with van der Waals surface area (Å²) < 4.78 is 48.3. The number of ether oxygens (including phenoxy) is 2. The molecule has 0 spiro atoms. The molecule has 2 fully saturated rings. The molecule has 9 heteroatoms. The van der Waals surface area contributed by atoms with E-state index in [-0.39, 0.29) is 29.6 Å². The van der Waals surface area contributed by atoms with Gasteiger partial charge in [0.15, 0.2) is 23.7 Å². The molecule has 3 aromatic carbocycles. The summed E-state index contributed by atoms with van der Waals surface area (Å²) in [5, 5.41) is 0. The smallest absolute Gasteiger partial charge is 0.208 e. The molecule has 7 nitrogen and oxygen atoms in total. The number of likely N-dealkylation sites (tertiary alicyclic amines) is 2. The summed E-state index contributed by atoms with van der Waals surface area (Å²) in [6, 6.07) is 12.7. The highest BCUT2D eigenvalue weighted by Crippen LogP contribution is 2.46. The molecule has 3 heterocycles. The fraction of sp³-hybridized carbons (Fsp3) is 0.487. The zero-order valence-electron chi connectivity index (χ0n) is 28.6. The van der Waals surface area contributed by atoms with Crippen molar-refractivity contribution in [3.05, 3.63) is 88.3 Å². The van der Waals surface area contributed by atoms with E-state index < -0.39 is 6.10 Å². The molecular formula is C39H47F2N3O4. The lowest BCUT2D eigenvalue weighted by Gasteiger charge is -2.39. The van der Waals surface area contributed by atoms with E-state index in [9.17, 15) is 13.6 Å². The first-order valence-electron chi connectivity index (χ1n) is 17.4. The topological polar surface area (TPSA) is 68.0 Å². The minimum Gasteiger partial charge on any atom is -0.478 e. The first-order valence-corrected chi connectivity index (χ1v) is 17.4. The number of aromatic nitrogens is 1. The number of oxazole rings is 1. The first-order chi connectivity index (χ1) is 23.2. The van der Waals surface area contributed by atoms with Crippen LogP contribution in [-0.2, 0) is 0 Å². The van der Waals surface area contributed by atoms with Crippen LogP contribution in [0.3, 0.4) is 0 Å². The van der Waals surface area contributed by atoms with Crippen LogP contribution in [0, 0.1) is 25.5 Å². The van der Waals surface area contributed by atoms with Gasteiger partial charge in [-0.15, -0.1) is 0 Å². The standard InChI is InChI=1S/C39H47F2N3O4/c1-25(29-11-15-31(40)16-12-29)23-33(30-13-17-32(41)18-14-30)47-39-37(35(27(3)45)26(2)36-38(39)46-28(4)42-36)48-34(44-21-9-6-10-22-44)24-43-19-7-5-8-20-43/h11-18,25,33-34H,5-10,19-24H2,1-4H3. The Morgan fingerprint density at radius 3 is 2.02 bits per heavy atom. The van der Waals surface area contributed by atoms with E-state index in [0.717, 1.165) is 63.0 Å². The molecule has 48 heavy (non-hydrogen) atoms. The maximum atomic E-state index is 14.2. The van der Waals surface area contributed by atoms with Crippen molar-refractivity contribution in [1.82, 2.24) is 14.8 Å². The second kappa shape index (κ2) is 15.2. The summed E-state index contributed by atoms with van der Waals surface area (Å²) in [5.41, 5.74) is 3.79. The number of fused-ring (bicyclic) bond motifs is 1. The van der Waals surface area contributed by atoms with E-state index in [0.29, 0.717) is 52.6 Å². The maximum Gasteiger partial charge on any atom is 0.208 e. The SMILES string of the molecule is CC(=O)c1c(OC(CN2CCCCC2)N2CCCCC2)c(OC(CC(C)c2ccc(F)cc2)c2ccc(F)cc2)c2oc(C)nc2c1C. The average molecular weight is 660 g/mol. The summed E-state index contributed by atoms with van der Waals surface area (Å²) in [7, 11) is 0. The summed E-state index contributed by atoms with van der Waals surface area (Å²) in [6.07, 6.45) is 6.53. The number of benzene rings is 3. The van der Waals surface area contributed by atoms with Crippen molar-refractivity contribution in [2.75, 3.05) is 32.7 Å². The van der Waals surface area contributed by atoms with Crippen molar-refractivity contribution in [2.24, 2.45) is 0 Å². The second-order valence-electron chi connectivity index (χ2n) is 13.5. The Kier molecular flexibility index (Phi) is 10.8. The van der Waals surface area contributed by atoms with Gasteiger partial charge in [-0.3, -0.25) is 14.6 Å². The zero-order chi connectivity index (χ0) is 33.8. The van der Waals surface area contributed by atoms with Crippen LogP contribution in [0.5, 0.6) is 11.5 Å². The number of ketones is 1. The molecular weight excluding hydrogens is 612 g/mol. The van der Waals surface area contributed by atoms with Crippen molar-refractivity contribution in [1.29, 1.82) is 0 Å². The normalized spacial score (nSPS) is 18.0. The second-order valence-corrected chi connectivity index (χ2v) is 13.5. The number of carbonyl (C=O) groups is 1. The number of rotatable bonds is 12. The summed E-state index contributed by atoms with van der Waals surface area (Å²) in [5.74, 6) is 0.284. The third kappa shape index (κ3) is 7.73. The van der Waals surface area contributed by atoms with Gasteiger partial charge in [0.1, 0.15) is 23.3 Å². The third-order valence-corrected chi connectivity index (χ3v) is 9.88. The quantitative estimate of drug-likeness (QED) is 0.141. The summed E-state index contributed by atoms with van der Waals surface area (Å²) >= 11 is 0. The van der Waals surface area contributed by atoms with E-state index in [1.165, 1.54) is 37.1 Å². The Bertz CT molecular complexity index is 1690. The number of aryl methyl sites for hydroxylation is 2. The number of halogens is 2. The fourth-order valence-corrected chi connectivity index (χ4v) is 7.24. The molecule has 0 radical (unpaired) electrons. The van der Waals surface area contributed by atoms with Crippen LogP contribution >= 0.6 is 0 Å². The maximum absolute atomic E-state index is 14.2. The molecule has 0 amide bonds. The zero-order valence-corrected chi connectivity index (χ0v) is 28.6. The van der Waals surface area contributed by atoms with Gasteiger partial charge in [-0.1, -0.05) is 44.0 Å². The van der Waals surface area contributed by atoms with Crippen molar-refractivity contribution >= 4 is 16.9 Å². The number of Topliss-reactive ketones (excluding diaryl/α,β-unsaturated/α-hetero) is 1. The van der Waals surface area contributed by atoms with Gasteiger partial charge in [0.05, 0.1) is 5.56 Å². The summed E-state index contributed by atoms with van der Waals surface area (Å²) in [4.78, 5) is 23.1. The molecule has 256 valence electrons. The van der Waals surface area contributed by atoms with Crippen molar-refractivity contribution in [2.45, 2.75) is 90.9 Å².